The molecule has 1 aliphatic heterocycles. The average Bonchev–Trinajstić information content (AvgIpc) is 3.05. The number of methoxy groups -OCH3 is 1. The van der Waals surface area contributed by atoms with E-state index in [-0.39, 0.29) is 12.6 Å². The third-order valence-corrected chi connectivity index (χ3v) is 6.40. The van der Waals surface area contributed by atoms with Gasteiger partial charge in [0.05, 0.1) is 19.8 Å². The lowest BCUT2D eigenvalue weighted by atomic mass is 10.0. The van der Waals surface area contributed by atoms with Gasteiger partial charge in [0.1, 0.15) is 11.0 Å². The highest BCUT2D eigenvalue weighted by Crippen LogP contribution is 2.33. The van der Waals surface area contributed by atoms with E-state index < -0.39 is 15.3 Å². The number of benzene rings is 2. The van der Waals surface area contributed by atoms with Crippen LogP contribution in [0.1, 0.15) is 17.2 Å². The molecule has 0 unspecified atom stereocenters. The van der Waals surface area contributed by atoms with Gasteiger partial charge >= 0.3 is 0 Å². The minimum absolute atomic E-state index is 0.133. The van der Waals surface area contributed by atoms with Crippen LogP contribution >= 0.6 is 0 Å². The summed E-state index contributed by atoms with van der Waals surface area (Å²) in [6.45, 7) is 0.496. The zero-order chi connectivity index (χ0) is 18.6. The molecule has 7 heteroatoms. The van der Waals surface area contributed by atoms with Crippen molar-refractivity contribution in [1.82, 2.24) is 9.79 Å². The number of hydrogen-bond acceptors (Lipinski definition) is 5. The molecule has 1 fully saturated rings. The van der Waals surface area contributed by atoms with Crippen molar-refractivity contribution in [1.29, 1.82) is 0 Å². The molecule has 2 aromatic rings. The summed E-state index contributed by atoms with van der Waals surface area (Å²) in [5.74, 6) is 0.732. The van der Waals surface area contributed by atoms with Gasteiger partial charge in [-0.2, -0.15) is 5.06 Å². The Morgan fingerprint density at radius 3 is 2.50 bits per heavy atom. The first-order chi connectivity index (χ1) is 12.5. The topological polar surface area (TPSA) is 67.9 Å². The molecule has 1 heterocycles. The summed E-state index contributed by atoms with van der Waals surface area (Å²) in [6.07, 6.45) is 0.649. The Morgan fingerprint density at radius 1 is 1.15 bits per heavy atom. The molecule has 6 nitrogen and oxygen atoms in total. The highest BCUT2D eigenvalue weighted by atomic mass is 32.2. The first-order valence-electron chi connectivity index (χ1n) is 8.53. The molecule has 140 valence electrons. The lowest BCUT2D eigenvalue weighted by Gasteiger charge is -2.23. The van der Waals surface area contributed by atoms with E-state index in [1.807, 2.05) is 54.6 Å². The maximum Gasteiger partial charge on any atom is 0.218 e. The summed E-state index contributed by atoms with van der Waals surface area (Å²) in [6, 6.07) is 16.9. The van der Waals surface area contributed by atoms with E-state index in [2.05, 4.69) is 4.72 Å². The van der Waals surface area contributed by atoms with Gasteiger partial charge < -0.3 is 4.74 Å². The summed E-state index contributed by atoms with van der Waals surface area (Å²) < 4.78 is 33.6. The second-order valence-corrected chi connectivity index (χ2v) is 8.26. The van der Waals surface area contributed by atoms with Crippen LogP contribution in [0.4, 0.5) is 0 Å². The van der Waals surface area contributed by atoms with Crippen LogP contribution in [0.3, 0.4) is 0 Å². The van der Waals surface area contributed by atoms with Crippen LogP contribution < -0.4 is 9.46 Å². The van der Waals surface area contributed by atoms with Crippen molar-refractivity contribution in [2.75, 3.05) is 27.3 Å². The van der Waals surface area contributed by atoms with E-state index in [0.717, 1.165) is 16.9 Å². The van der Waals surface area contributed by atoms with Crippen molar-refractivity contribution in [2.45, 2.75) is 17.7 Å². The van der Waals surface area contributed by atoms with Crippen molar-refractivity contribution >= 4 is 10.0 Å². The Bertz CT molecular complexity index is 809. The minimum Gasteiger partial charge on any atom is -0.497 e. The highest BCUT2D eigenvalue weighted by molar-refractivity contribution is 7.90. The first kappa shape index (κ1) is 18.8. The number of rotatable bonds is 7. The van der Waals surface area contributed by atoms with E-state index in [4.69, 9.17) is 9.57 Å². The third kappa shape index (κ3) is 4.24. The summed E-state index contributed by atoms with van der Waals surface area (Å²) in [5.41, 5.74) is 1.98. The molecule has 1 aliphatic rings. The van der Waals surface area contributed by atoms with Gasteiger partial charge in [-0.05, 0) is 29.7 Å². The van der Waals surface area contributed by atoms with Crippen molar-refractivity contribution < 1.29 is 18.0 Å². The number of nitrogens with zero attached hydrogens (tertiary/aromatic N) is 1. The third-order valence-electron chi connectivity index (χ3n) is 4.60. The molecule has 1 saturated heterocycles. The predicted molar refractivity (Wildman–Crippen MR) is 100 cm³/mol. The van der Waals surface area contributed by atoms with Gasteiger partial charge in [0, 0.05) is 13.6 Å². The largest absolute Gasteiger partial charge is 0.497 e. The fourth-order valence-corrected chi connectivity index (χ4v) is 4.68. The summed E-state index contributed by atoms with van der Waals surface area (Å²) in [4.78, 5) is 5.52. The van der Waals surface area contributed by atoms with Gasteiger partial charge in [-0.3, -0.25) is 4.84 Å². The molecule has 0 bridgehead atoms. The normalized spacial score (nSPS) is 21.0. The van der Waals surface area contributed by atoms with E-state index in [1.165, 1.54) is 0 Å². The molecule has 26 heavy (non-hydrogen) atoms. The summed E-state index contributed by atoms with van der Waals surface area (Å²) >= 11 is 0. The van der Waals surface area contributed by atoms with E-state index >= 15 is 0 Å². The van der Waals surface area contributed by atoms with Gasteiger partial charge in [0.15, 0.2) is 0 Å². The van der Waals surface area contributed by atoms with Crippen LogP contribution in [-0.2, 0) is 21.3 Å². The number of nitrogens with one attached hydrogen (secondary N) is 1. The highest BCUT2D eigenvalue weighted by Gasteiger charge is 2.42. The standard InChI is InChI=1S/C19H24N2O4S/c1-21-19(16-8-10-17(24-2)11-9-16)18(14-25-21)26(22,23)20-13-12-15-6-4-3-5-7-15/h3-11,18-20H,12-14H2,1-2H3/t18-,19-/m0/s1. The van der Waals surface area contributed by atoms with Crippen molar-refractivity contribution in [3.8, 4) is 5.75 Å². The Balaban J connectivity index is 1.70. The monoisotopic (exact) mass is 376 g/mol. The Hall–Kier alpha value is -1.93. The van der Waals surface area contributed by atoms with Crippen LogP contribution in [0, 0.1) is 0 Å². The lowest BCUT2D eigenvalue weighted by Crippen LogP contribution is -2.40. The predicted octanol–water partition coefficient (Wildman–Crippen LogP) is 2.14. The maximum absolute atomic E-state index is 12.8. The fourth-order valence-electron chi connectivity index (χ4n) is 3.17. The van der Waals surface area contributed by atoms with Gasteiger partial charge in [-0.25, -0.2) is 13.1 Å². The number of hydroxylamine groups is 2. The molecule has 0 aromatic heterocycles. The first-order valence-corrected chi connectivity index (χ1v) is 10.1. The molecule has 2 atom stereocenters. The molecular weight excluding hydrogens is 352 g/mol. The van der Waals surface area contributed by atoms with Crippen LogP contribution in [0.2, 0.25) is 0 Å². The van der Waals surface area contributed by atoms with E-state index in [9.17, 15) is 8.42 Å². The minimum atomic E-state index is -3.52. The molecule has 0 amide bonds. The molecule has 0 radical (unpaired) electrons. The quantitative estimate of drug-likeness (QED) is 0.802. The van der Waals surface area contributed by atoms with Crippen LogP contribution in [0.15, 0.2) is 54.6 Å². The number of hydrogen-bond donors (Lipinski definition) is 1. The Kier molecular flexibility index (Phi) is 5.93. The van der Waals surface area contributed by atoms with Crippen molar-refractivity contribution in [3.63, 3.8) is 0 Å². The molecule has 2 aromatic carbocycles. The second kappa shape index (κ2) is 8.18. The fraction of sp³-hybridized carbons (Fsp3) is 0.368. The van der Waals surface area contributed by atoms with E-state index in [0.29, 0.717) is 13.0 Å². The van der Waals surface area contributed by atoms with E-state index in [1.54, 1.807) is 19.2 Å². The van der Waals surface area contributed by atoms with Crippen molar-refractivity contribution in [2.24, 2.45) is 0 Å². The molecule has 0 aliphatic carbocycles. The smallest absolute Gasteiger partial charge is 0.218 e. The van der Waals surface area contributed by atoms with Crippen LogP contribution in [0.5, 0.6) is 5.75 Å². The van der Waals surface area contributed by atoms with Gasteiger partial charge in [-0.15, -0.1) is 0 Å². The van der Waals surface area contributed by atoms with Gasteiger partial charge in [0.2, 0.25) is 10.0 Å². The van der Waals surface area contributed by atoms with Gasteiger partial charge in [-0.1, -0.05) is 42.5 Å². The number of sulfonamides is 1. The zero-order valence-electron chi connectivity index (χ0n) is 15.0. The average molecular weight is 376 g/mol. The second-order valence-electron chi connectivity index (χ2n) is 6.27. The van der Waals surface area contributed by atoms with Crippen molar-refractivity contribution in [3.05, 3.63) is 65.7 Å². The molecule has 3 rings (SSSR count). The zero-order valence-corrected chi connectivity index (χ0v) is 15.8. The maximum atomic E-state index is 12.8. The summed E-state index contributed by atoms with van der Waals surface area (Å²) in [5, 5.41) is 0.944. The lowest BCUT2D eigenvalue weighted by molar-refractivity contribution is -0.110. The molecule has 0 saturated carbocycles. The number of ether oxygens (including phenoxy) is 1. The van der Waals surface area contributed by atoms with Crippen LogP contribution in [0.25, 0.3) is 0 Å². The van der Waals surface area contributed by atoms with Gasteiger partial charge in [0.25, 0.3) is 0 Å². The molecule has 1 N–H and O–H groups in total. The summed E-state index contributed by atoms with van der Waals surface area (Å²) in [7, 11) is -0.165. The SMILES string of the molecule is COc1ccc([C@H]2[C@@H](S(=O)(=O)NCCc3ccccc3)CON2C)cc1. The van der Waals surface area contributed by atoms with Crippen LogP contribution in [-0.4, -0.2) is 46.0 Å². The molecule has 0 spiro atoms. The Morgan fingerprint density at radius 2 is 1.85 bits per heavy atom. The molecular formula is C19H24N2O4S. The Labute approximate surface area is 154 Å².